The van der Waals surface area contributed by atoms with E-state index in [4.69, 9.17) is 0 Å². The average molecular weight is 426 g/mol. The molecule has 2 unspecified atom stereocenters. The Morgan fingerprint density at radius 1 is 0.520 bits per heavy atom. The summed E-state index contributed by atoms with van der Waals surface area (Å²) in [5.41, 5.74) is 0. The van der Waals surface area contributed by atoms with E-state index in [9.17, 15) is 61.5 Å². The molecule has 0 saturated carbocycles. The van der Waals surface area contributed by atoms with Gasteiger partial charge in [-0.2, -0.15) is 57.1 Å². The lowest BCUT2D eigenvalue weighted by molar-refractivity contribution is -0.444. The van der Waals surface area contributed by atoms with Gasteiger partial charge >= 0.3 is 35.8 Å². The van der Waals surface area contributed by atoms with E-state index in [-0.39, 0.29) is 0 Å². The molecule has 25 heavy (non-hydrogen) atoms. The largest absolute Gasteiger partial charge is 0.460 e. The van der Waals surface area contributed by atoms with Gasteiger partial charge in [-0.3, -0.25) is 0 Å². The van der Waals surface area contributed by atoms with Crippen LogP contribution >= 0.6 is 9.24 Å². The Balaban J connectivity index is 6.40. The van der Waals surface area contributed by atoms with Gasteiger partial charge in [-0.1, -0.05) is 22.6 Å². The molecule has 0 spiro atoms. The Labute approximate surface area is 133 Å². The maximum absolute atomic E-state index is 13.6. The highest BCUT2D eigenvalue weighted by molar-refractivity contribution is 7.18. The van der Waals surface area contributed by atoms with Crippen molar-refractivity contribution in [2.24, 2.45) is 0 Å². The lowest BCUT2D eigenvalue weighted by atomic mass is 9.90. The van der Waals surface area contributed by atoms with Crippen LogP contribution in [0, 0.1) is 0 Å². The maximum Gasteiger partial charge on any atom is 0.460 e. The first-order chi connectivity index (χ1) is 10.6. The Hall–Kier alpha value is -0.550. The molecule has 0 aliphatic carbocycles. The molecule has 0 radical (unpaired) electrons. The minimum Gasteiger partial charge on any atom is -0.233 e. The lowest BCUT2D eigenvalue weighted by Gasteiger charge is -2.42. The quantitative estimate of drug-likeness (QED) is 0.343. The fourth-order valence-corrected chi connectivity index (χ4v) is 2.02. The van der Waals surface area contributed by atoms with Gasteiger partial charge in [0.15, 0.2) is 5.41 Å². The number of alkyl halides is 14. The van der Waals surface area contributed by atoms with Crippen LogP contribution < -0.4 is 0 Å². The molecule has 2 atom stereocenters. The van der Waals surface area contributed by atoms with E-state index in [0.717, 1.165) is 6.92 Å². The number of halogens is 14. The van der Waals surface area contributed by atoms with E-state index >= 15 is 0 Å². The molecule has 0 nitrogen and oxygen atoms in total. The van der Waals surface area contributed by atoms with Gasteiger partial charge in [0.2, 0.25) is 0 Å². The van der Waals surface area contributed by atoms with Crippen LogP contribution in [0.1, 0.15) is 19.8 Å². The van der Waals surface area contributed by atoms with Crippen LogP contribution in [0.25, 0.3) is 0 Å². The third-order valence-electron chi connectivity index (χ3n) is 3.07. The summed E-state index contributed by atoms with van der Waals surface area (Å²) in [6, 6.07) is 0. The van der Waals surface area contributed by atoms with E-state index in [1.54, 1.807) is 0 Å². The Morgan fingerprint density at radius 2 is 0.800 bits per heavy atom. The molecule has 15 heteroatoms. The van der Waals surface area contributed by atoms with Gasteiger partial charge in [0.25, 0.3) is 0 Å². The second-order valence-corrected chi connectivity index (χ2v) is 5.90. The van der Waals surface area contributed by atoms with E-state index in [0.29, 0.717) is 9.24 Å². The third kappa shape index (κ3) is 3.27. The summed E-state index contributed by atoms with van der Waals surface area (Å²) in [4.78, 5) is 0. The van der Waals surface area contributed by atoms with Gasteiger partial charge in [-0.15, -0.1) is 0 Å². The Kier molecular flexibility index (Phi) is 6.12. The van der Waals surface area contributed by atoms with Crippen LogP contribution in [0.5, 0.6) is 0 Å². The van der Waals surface area contributed by atoms with Crippen molar-refractivity contribution >= 4 is 9.24 Å². The van der Waals surface area contributed by atoms with Gasteiger partial charge in [0.05, 0.1) is 0 Å². The SMILES string of the molecule is CCCC(F)(P)C(F)(F)C(F)(F)C(F)(F)C(F)(F)C(F)(F)C(F)(F)F. The van der Waals surface area contributed by atoms with Crippen molar-refractivity contribution < 1.29 is 61.5 Å². The predicted molar refractivity (Wildman–Crippen MR) is 59.2 cm³/mol. The van der Waals surface area contributed by atoms with Gasteiger partial charge in [-0.25, -0.2) is 4.39 Å². The van der Waals surface area contributed by atoms with Gasteiger partial charge in [0, 0.05) is 0 Å². The topological polar surface area (TPSA) is 0 Å². The van der Waals surface area contributed by atoms with Crippen molar-refractivity contribution in [1.29, 1.82) is 0 Å². The Morgan fingerprint density at radius 3 is 1.08 bits per heavy atom. The summed E-state index contributed by atoms with van der Waals surface area (Å²) in [6.07, 6.45) is -9.84. The van der Waals surface area contributed by atoms with Crippen LogP contribution in [-0.2, 0) is 0 Å². The number of rotatable bonds is 7. The average Bonchev–Trinajstić information content (AvgIpc) is 2.35. The minimum absolute atomic E-state index is 0.338. The fraction of sp³-hybridized carbons (Fsp3) is 1.00. The fourth-order valence-electron chi connectivity index (χ4n) is 1.55. The van der Waals surface area contributed by atoms with Crippen molar-refractivity contribution in [3.63, 3.8) is 0 Å². The van der Waals surface area contributed by atoms with Crippen LogP contribution in [-0.4, -0.2) is 41.2 Å². The van der Waals surface area contributed by atoms with E-state index in [1.807, 2.05) is 0 Å². The predicted octanol–water partition coefficient (Wildman–Crippen LogP) is 6.07. The normalized spacial score (nSPS) is 18.2. The highest BCUT2D eigenvalue weighted by atomic mass is 31.0. The molecule has 0 aromatic carbocycles. The summed E-state index contributed by atoms with van der Waals surface area (Å²) < 4.78 is 180. The molecule has 0 aromatic rings. The van der Waals surface area contributed by atoms with Crippen LogP contribution in [0.4, 0.5) is 61.5 Å². The van der Waals surface area contributed by atoms with Crippen molar-refractivity contribution in [3.05, 3.63) is 0 Å². The lowest BCUT2D eigenvalue weighted by Crippen LogP contribution is -2.72. The molecule has 0 N–H and O–H groups in total. The van der Waals surface area contributed by atoms with E-state index < -0.39 is 54.0 Å². The summed E-state index contributed by atoms with van der Waals surface area (Å²) >= 11 is 0. The van der Waals surface area contributed by atoms with E-state index in [1.165, 1.54) is 0 Å². The molecule has 0 bridgehead atoms. The standard InChI is InChI=1S/C10H9F14P/c1-2-3-4(11,25)5(12,13)6(14,15)7(16,17)8(18,19)9(20,21)10(22,23)24/h2-3,25H2,1H3. The molecule has 0 rings (SSSR count). The molecule has 0 aromatic heterocycles. The molecular weight excluding hydrogens is 417 g/mol. The monoisotopic (exact) mass is 426 g/mol. The molecule has 0 aliphatic rings. The molecular formula is C10H9F14P. The van der Waals surface area contributed by atoms with Crippen LogP contribution in [0.3, 0.4) is 0 Å². The number of hydrogen-bond donors (Lipinski definition) is 0. The van der Waals surface area contributed by atoms with Crippen molar-refractivity contribution in [1.82, 2.24) is 0 Å². The zero-order chi connectivity index (χ0) is 20.9. The second-order valence-electron chi connectivity index (χ2n) is 4.98. The van der Waals surface area contributed by atoms with Crippen molar-refractivity contribution in [2.45, 2.75) is 61.0 Å². The zero-order valence-electron chi connectivity index (χ0n) is 11.8. The molecule has 0 saturated heterocycles. The summed E-state index contributed by atoms with van der Waals surface area (Å²) in [7, 11) is 0.338. The highest BCUT2D eigenvalue weighted by Crippen LogP contribution is 2.63. The van der Waals surface area contributed by atoms with Gasteiger partial charge in [0.1, 0.15) is 0 Å². The number of hydrogen-bond acceptors (Lipinski definition) is 0. The molecule has 0 heterocycles. The Bertz CT molecular complexity index is 476. The van der Waals surface area contributed by atoms with E-state index in [2.05, 4.69) is 0 Å². The third-order valence-corrected chi connectivity index (χ3v) is 3.72. The second kappa shape index (κ2) is 6.26. The summed E-state index contributed by atoms with van der Waals surface area (Å²) in [5, 5.41) is -4.70. The van der Waals surface area contributed by atoms with Gasteiger partial charge < -0.3 is 0 Å². The first-order valence-corrected chi connectivity index (χ1v) is 6.57. The smallest absolute Gasteiger partial charge is 0.233 e. The van der Waals surface area contributed by atoms with Crippen LogP contribution in [0.15, 0.2) is 0 Å². The summed E-state index contributed by atoms with van der Waals surface area (Å²) in [6.45, 7) is 0.886. The maximum atomic E-state index is 13.6. The molecule has 152 valence electrons. The van der Waals surface area contributed by atoms with Crippen molar-refractivity contribution in [3.8, 4) is 0 Å². The first kappa shape index (κ1) is 24.5. The molecule has 0 fully saturated rings. The first-order valence-electron chi connectivity index (χ1n) is 6.00. The van der Waals surface area contributed by atoms with Crippen LogP contribution in [0.2, 0.25) is 0 Å². The minimum atomic E-state index is -8.02. The summed E-state index contributed by atoms with van der Waals surface area (Å²) in [5.74, 6) is -38.1. The zero-order valence-corrected chi connectivity index (χ0v) is 12.9. The molecule has 0 aliphatic heterocycles. The van der Waals surface area contributed by atoms with Crippen molar-refractivity contribution in [2.75, 3.05) is 0 Å². The highest BCUT2D eigenvalue weighted by Gasteiger charge is 2.92. The van der Waals surface area contributed by atoms with Gasteiger partial charge in [-0.05, 0) is 6.42 Å². The molecule has 0 amide bonds.